The van der Waals surface area contributed by atoms with E-state index in [0.29, 0.717) is 0 Å². The fourth-order valence-electron chi connectivity index (χ4n) is 0. The van der Waals surface area contributed by atoms with Crippen LogP contribution in [0.3, 0.4) is 0 Å². The van der Waals surface area contributed by atoms with Crippen LogP contribution in [0, 0.1) is 79.9 Å². The van der Waals surface area contributed by atoms with E-state index in [2.05, 4.69) is 0 Å². The number of hydrogen-bond donors (Lipinski definition) is 0. The molecule has 0 fully saturated rings. The molecule has 14 heavy (non-hydrogen) atoms. The molecule has 0 amide bonds. The first-order valence-electron chi connectivity index (χ1n) is 1.39. The molecule has 0 aromatic rings. The van der Waals surface area contributed by atoms with E-state index >= 15 is 0 Å². The Labute approximate surface area is 156 Å². The zero-order chi connectivity index (χ0) is 10.7. The average Bonchev–Trinajstić information content (AvgIpc) is 1.54. The third-order valence-corrected chi connectivity index (χ3v) is 0. The maximum atomic E-state index is 8.52. The molecular weight excluding hydrogens is 623 g/mol. The van der Waals surface area contributed by atoms with Gasteiger partial charge >= 0.3 is 160 Å². The first kappa shape index (κ1) is 30.4. The second-order valence-corrected chi connectivity index (χ2v) is 2.34. The van der Waals surface area contributed by atoms with Crippen LogP contribution in [0.25, 0.3) is 0 Å². The molecule has 0 N–H and O–H groups in total. The van der Waals surface area contributed by atoms with Gasteiger partial charge in [0.25, 0.3) is 0 Å². The van der Waals surface area contributed by atoms with Crippen molar-refractivity contribution in [2.45, 2.75) is 0 Å². The summed E-state index contributed by atoms with van der Waals surface area (Å²) in [6, 6.07) is 0. The van der Waals surface area contributed by atoms with Gasteiger partial charge in [-0.2, -0.15) is 0 Å². The molecule has 0 aliphatic rings. The first-order chi connectivity index (χ1) is 5.20. The van der Waals surface area contributed by atoms with Crippen LogP contribution >= 0.6 is 0 Å². The molecule has 14 heteroatoms. The molecule has 0 spiro atoms. The summed E-state index contributed by atoms with van der Waals surface area (Å²) in [7, 11) is 0. The Morgan fingerprint density at radius 1 is 0.500 bits per heavy atom. The molecule has 91 valence electrons. The van der Waals surface area contributed by atoms with Crippen molar-refractivity contribution in [1.82, 2.24) is 0 Å². The van der Waals surface area contributed by atoms with E-state index < -0.39 is 43.5 Å². The standard InChI is InChI=1S/2Gd.3Mn.9O/q2*+3;;;;;;;6*-1. The van der Waals surface area contributed by atoms with E-state index in [1.807, 2.05) is 0 Å². The zero-order valence-electron chi connectivity index (χ0n) is 5.52. The average molecular weight is 623 g/mol. The molecule has 0 rings (SSSR count). The fourth-order valence-corrected chi connectivity index (χ4v) is 0. The third-order valence-electron chi connectivity index (χ3n) is 0. The molecule has 0 atom stereocenters. The van der Waals surface area contributed by atoms with Gasteiger partial charge in [-0.15, -0.1) is 0 Å². The molecule has 0 bridgehead atoms. The van der Waals surface area contributed by atoms with Crippen molar-refractivity contribution in [3.05, 3.63) is 0 Å². The van der Waals surface area contributed by atoms with Crippen molar-refractivity contribution in [3.8, 4) is 0 Å². The van der Waals surface area contributed by atoms with Crippen LogP contribution in [0.4, 0.5) is 0 Å². The quantitative estimate of drug-likeness (QED) is 0.236. The van der Waals surface area contributed by atoms with Crippen molar-refractivity contribution < 1.29 is 160 Å². The van der Waals surface area contributed by atoms with E-state index in [1.54, 1.807) is 0 Å². The van der Waals surface area contributed by atoms with E-state index in [0.717, 1.165) is 0 Å². The van der Waals surface area contributed by atoms with E-state index in [1.165, 1.54) is 0 Å². The molecule has 0 saturated heterocycles. The molecule has 0 aromatic carbocycles. The number of rotatable bonds is 0. The second-order valence-electron chi connectivity index (χ2n) is 0.567. The van der Waals surface area contributed by atoms with E-state index in [-0.39, 0.29) is 79.9 Å². The summed E-state index contributed by atoms with van der Waals surface area (Å²) >= 11 is -10.9. The predicted octanol–water partition coefficient (Wildman–Crippen LogP) is -7.50. The van der Waals surface area contributed by atoms with Crippen LogP contribution in [-0.4, -0.2) is 0 Å². The Balaban J connectivity index is -0.0000000270. The summed E-state index contributed by atoms with van der Waals surface area (Å²) in [6.45, 7) is 0. The van der Waals surface area contributed by atoms with Gasteiger partial charge in [0.2, 0.25) is 0 Å². The SMILES string of the molecule is [Gd+3].[Gd+3].[O]=[Mn]([O-])[O-].[O]=[Mn]([O-])[O-].[O]=[Mn]([O-])[O-]. The maximum absolute atomic E-state index is 8.52. The van der Waals surface area contributed by atoms with Gasteiger partial charge in [0.1, 0.15) is 0 Å². The van der Waals surface area contributed by atoms with Crippen molar-refractivity contribution in [2.75, 3.05) is 0 Å². The molecule has 0 aromatic heterocycles. The van der Waals surface area contributed by atoms with Crippen LogP contribution < -0.4 is 25.1 Å². The molecule has 0 saturated carbocycles. The van der Waals surface area contributed by atoms with Crippen molar-refractivity contribution in [2.24, 2.45) is 0 Å². The third kappa shape index (κ3) is 280. The van der Waals surface area contributed by atoms with Crippen LogP contribution in [0.15, 0.2) is 0 Å². The number of hydrogen-bond acceptors (Lipinski definition) is 9. The van der Waals surface area contributed by atoms with Crippen LogP contribution in [-0.2, 0) is 55.0 Å². The summed E-state index contributed by atoms with van der Waals surface area (Å²) < 4.78 is 76.7. The zero-order valence-corrected chi connectivity index (χ0v) is 13.6. The van der Waals surface area contributed by atoms with Gasteiger partial charge < -0.3 is 0 Å². The molecule has 9 nitrogen and oxygen atoms in total. The van der Waals surface area contributed by atoms with Crippen molar-refractivity contribution in [1.29, 1.82) is 0 Å². The first-order valence-corrected chi connectivity index (χ1v) is 5.73. The van der Waals surface area contributed by atoms with E-state index in [9.17, 15) is 0 Å². The summed E-state index contributed by atoms with van der Waals surface area (Å²) in [5, 5.41) is 0. The molecular formula is Gd2Mn3O9. The molecule has 0 aliphatic heterocycles. The summed E-state index contributed by atoms with van der Waals surface area (Å²) in [5.74, 6) is 0. The summed E-state index contributed by atoms with van der Waals surface area (Å²) in [5.41, 5.74) is 0. The van der Waals surface area contributed by atoms with Crippen LogP contribution in [0.5, 0.6) is 0 Å². The van der Waals surface area contributed by atoms with E-state index in [4.69, 9.17) is 36.6 Å². The minimum atomic E-state index is -3.65. The fraction of sp³-hybridized carbons (Fsp3) is 0. The normalized spacial score (nSPS) is 7.50. The molecule has 2 radical (unpaired) electrons. The van der Waals surface area contributed by atoms with Gasteiger partial charge in [-0.05, 0) is 0 Å². The van der Waals surface area contributed by atoms with Crippen LogP contribution in [0.1, 0.15) is 0 Å². The summed E-state index contributed by atoms with van der Waals surface area (Å²) in [4.78, 5) is 0. The Morgan fingerprint density at radius 3 is 0.500 bits per heavy atom. The van der Waals surface area contributed by atoms with Gasteiger partial charge in [0, 0.05) is 0 Å². The monoisotopic (exact) mass is 625 g/mol. The van der Waals surface area contributed by atoms with Crippen molar-refractivity contribution >= 4 is 0 Å². The Bertz CT molecular complexity index is 116. The molecule has 0 unspecified atom stereocenters. The van der Waals surface area contributed by atoms with Gasteiger partial charge in [0.15, 0.2) is 0 Å². The predicted molar refractivity (Wildman–Crippen MR) is 2.06 cm³/mol. The molecule has 0 heterocycles. The van der Waals surface area contributed by atoms with Gasteiger partial charge in [-0.1, -0.05) is 0 Å². The Morgan fingerprint density at radius 2 is 0.500 bits per heavy atom. The summed E-state index contributed by atoms with van der Waals surface area (Å²) in [6.07, 6.45) is 0. The van der Waals surface area contributed by atoms with Gasteiger partial charge in [0.05, 0.1) is 0 Å². The Kier molecular flexibility index (Phi) is 54.9. The van der Waals surface area contributed by atoms with Crippen LogP contribution in [0.2, 0.25) is 0 Å². The molecule has 0 aliphatic carbocycles. The van der Waals surface area contributed by atoms with Crippen molar-refractivity contribution in [3.63, 3.8) is 0 Å². The Hall–Kier alpha value is 3.37. The minimum absolute atomic E-state index is 0. The topological polar surface area (TPSA) is 190 Å². The van der Waals surface area contributed by atoms with Gasteiger partial charge in [-0.25, -0.2) is 0 Å². The van der Waals surface area contributed by atoms with Gasteiger partial charge in [-0.3, -0.25) is 0 Å². The second kappa shape index (κ2) is 25.3.